The smallest absolute Gasteiger partial charge is 0.222 e. The quantitative estimate of drug-likeness (QED) is 0.239. The van der Waals surface area contributed by atoms with Crippen LogP contribution in [-0.4, -0.2) is 115 Å². The summed E-state index contributed by atoms with van der Waals surface area (Å²) in [6.45, 7) is 10.9. The molecule has 2 fully saturated rings. The number of hydrogen-bond acceptors (Lipinski definition) is 13. The predicted octanol–water partition coefficient (Wildman–Crippen LogP) is 4.14. The second kappa shape index (κ2) is 13.6. The number of aromatic hydroxyl groups is 1. The number of anilines is 6. The molecule has 2 aromatic carbocycles. The highest BCUT2D eigenvalue weighted by Gasteiger charge is 2.53. The van der Waals surface area contributed by atoms with E-state index in [1.165, 1.54) is 28.6 Å². The van der Waals surface area contributed by atoms with E-state index in [0.29, 0.717) is 21.7 Å². The number of nitrogen functional groups attached to an aromatic ring is 2. The SMILES string of the molecule is COCCN1CC2(C1)CN(c1nc(N)ncc1Cl)c1cc(C)ccc12.COCCN1CC2(C1)CN(c1nc(N)ncc1Cl)c1cc(O)ccc12. The normalized spacial score (nSPS) is 18.4. The number of aryl methyl sites for hydroxylation is 1. The van der Waals surface area contributed by atoms with Crippen molar-refractivity contribution in [1.29, 1.82) is 0 Å². The van der Waals surface area contributed by atoms with Gasteiger partial charge in [-0.2, -0.15) is 9.97 Å². The summed E-state index contributed by atoms with van der Waals surface area (Å²) in [4.78, 5) is 25.7. The molecule has 6 heterocycles. The van der Waals surface area contributed by atoms with Gasteiger partial charge < -0.3 is 35.8 Å². The fourth-order valence-corrected chi connectivity index (χ4v) is 8.25. The molecular formula is C35H42Cl2N10O3. The number of nitrogens with zero attached hydrogens (tertiary/aromatic N) is 8. The first-order chi connectivity index (χ1) is 24.0. The van der Waals surface area contributed by atoms with E-state index in [1.54, 1.807) is 32.5 Å². The number of rotatable bonds is 8. The number of fused-ring (bicyclic) bond motifs is 4. The van der Waals surface area contributed by atoms with Crippen LogP contribution >= 0.6 is 23.2 Å². The van der Waals surface area contributed by atoms with Gasteiger partial charge in [0.05, 0.1) is 31.3 Å². The van der Waals surface area contributed by atoms with E-state index >= 15 is 0 Å². The standard InChI is InChI=1S/C18H22ClN5O.C17H20ClN5O2/c1-12-3-4-13-15(7-12)24(16-14(19)8-21-17(20)22-16)11-18(13)9-23(10-18)5-6-25-2;1-25-5-4-22-8-17(9-22)10-23(14-6-11(24)2-3-12(14)17)15-13(18)7-20-16(19)21-15/h3-4,7-8H,5-6,9-11H2,1-2H3,(H2,20,21,22);2-3,6-7,24H,4-5,8-10H2,1H3,(H2,19,20,21). The van der Waals surface area contributed by atoms with Gasteiger partial charge in [-0.05, 0) is 35.7 Å². The van der Waals surface area contributed by atoms with Crippen molar-refractivity contribution in [2.24, 2.45) is 0 Å². The van der Waals surface area contributed by atoms with Crippen molar-refractivity contribution in [2.75, 3.05) is 101 Å². The van der Waals surface area contributed by atoms with Crippen LogP contribution in [0.15, 0.2) is 48.8 Å². The van der Waals surface area contributed by atoms with Crippen molar-refractivity contribution in [3.8, 4) is 5.75 Å². The maximum atomic E-state index is 9.97. The van der Waals surface area contributed by atoms with Crippen LogP contribution in [0, 0.1) is 6.92 Å². The zero-order chi connectivity index (χ0) is 35.2. The topological polar surface area (TPSA) is 155 Å². The molecule has 0 unspecified atom stereocenters. The van der Waals surface area contributed by atoms with Crippen LogP contribution < -0.4 is 21.3 Å². The lowest BCUT2D eigenvalue weighted by Crippen LogP contribution is -2.61. The van der Waals surface area contributed by atoms with E-state index in [9.17, 15) is 5.11 Å². The van der Waals surface area contributed by atoms with Gasteiger partial charge in [0.25, 0.3) is 0 Å². The Hall–Kier alpha value is -3.98. The van der Waals surface area contributed by atoms with Crippen LogP contribution in [0.3, 0.4) is 0 Å². The summed E-state index contributed by atoms with van der Waals surface area (Å²) in [6.07, 6.45) is 3.09. The summed E-state index contributed by atoms with van der Waals surface area (Å²) in [6, 6.07) is 12.1. The molecule has 0 atom stereocenters. The molecule has 0 saturated carbocycles. The summed E-state index contributed by atoms with van der Waals surface area (Å²) in [7, 11) is 3.46. The third-order valence-electron chi connectivity index (χ3n) is 10.1. The molecule has 15 heteroatoms. The largest absolute Gasteiger partial charge is 0.508 e. The zero-order valence-electron chi connectivity index (χ0n) is 28.4. The van der Waals surface area contributed by atoms with Crippen LogP contribution in [0.25, 0.3) is 0 Å². The Morgan fingerprint density at radius 3 is 1.66 bits per heavy atom. The Labute approximate surface area is 301 Å². The second-order valence-corrected chi connectivity index (χ2v) is 14.5. The number of ether oxygens (including phenoxy) is 2. The molecule has 0 aliphatic carbocycles. The van der Waals surface area contributed by atoms with Crippen molar-refractivity contribution in [2.45, 2.75) is 17.8 Å². The van der Waals surface area contributed by atoms with E-state index in [-0.39, 0.29) is 28.5 Å². The third kappa shape index (κ3) is 6.27. The second-order valence-electron chi connectivity index (χ2n) is 13.7. The highest BCUT2D eigenvalue weighted by molar-refractivity contribution is 6.33. The van der Waals surface area contributed by atoms with Gasteiger partial charge in [0.15, 0.2) is 11.6 Å². The van der Waals surface area contributed by atoms with E-state index in [1.807, 2.05) is 11.0 Å². The maximum Gasteiger partial charge on any atom is 0.222 e. The lowest BCUT2D eigenvalue weighted by molar-refractivity contribution is 0.0478. The molecule has 4 aliphatic heterocycles. The number of aromatic nitrogens is 4. The average molecular weight is 722 g/mol. The molecule has 50 heavy (non-hydrogen) atoms. The lowest BCUT2D eigenvalue weighted by atomic mass is 9.75. The highest BCUT2D eigenvalue weighted by Crippen LogP contribution is 2.51. The van der Waals surface area contributed by atoms with Gasteiger partial charge in [-0.25, -0.2) is 9.97 Å². The predicted molar refractivity (Wildman–Crippen MR) is 196 cm³/mol. The summed E-state index contributed by atoms with van der Waals surface area (Å²) in [5.74, 6) is 1.90. The molecule has 13 nitrogen and oxygen atoms in total. The molecule has 0 amide bonds. The summed E-state index contributed by atoms with van der Waals surface area (Å²) in [5, 5.41) is 10.9. The van der Waals surface area contributed by atoms with Crippen molar-refractivity contribution >= 4 is 58.1 Å². The Balaban J connectivity index is 0.000000157. The Kier molecular flexibility index (Phi) is 9.39. The first kappa shape index (κ1) is 34.5. The van der Waals surface area contributed by atoms with Gasteiger partial charge in [-0.1, -0.05) is 41.4 Å². The van der Waals surface area contributed by atoms with Gasteiger partial charge in [0, 0.05) is 89.2 Å². The van der Waals surface area contributed by atoms with Crippen molar-refractivity contribution < 1.29 is 14.6 Å². The number of hydrogen-bond donors (Lipinski definition) is 3. The summed E-state index contributed by atoms with van der Waals surface area (Å²) in [5.41, 5.74) is 17.5. The number of benzene rings is 2. The lowest BCUT2D eigenvalue weighted by Gasteiger charge is -2.48. The van der Waals surface area contributed by atoms with Crippen molar-refractivity contribution in [1.82, 2.24) is 29.7 Å². The average Bonchev–Trinajstić information content (AvgIpc) is 3.57. The first-order valence-electron chi connectivity index (χ1n) is 16.5. The van der Waals surface area contributed by atoms with Crippen LogP contribution in [0.2, 0.25) is 10.0 Å². The van der Waals surface area contributed by atoms with E-state index in [2.05, 4.69) is 59.8 Å². The number of halogens is 2. The summed E-state index contributed by atoms with van der Waals surface area (Å²) >= 11 is 12.7. The van der Waals surface area contributed by atoms with Crippen molar-refractivity contribution in [3.05, 3.63) is 75.5 Å². The first-order valence-corrected chi connectivity index (χ1v) is 17.3. The molecule has 5 N–H and O–H groups in total. The van der Waals surface area contributed by atoms with Crippen LogP contribution in [0.5, 0.6) is 5.75 Å². The Morgan fingerprint density at radius 2 is 1.18 bits per heavy atom. The molecule has 264 valence electrons. The highest BCUT2D eigenvalue weighted by atomic mass is 35.5. The molecule has 0 radical (unpaired) electrons. The Morgan fingerprint density at radius 1 is 0.720 bits per heavy atom. The molecular weight excluding hydrogens is 679 g/mol. The molecule has 8 rings (SSSR count). The molecule has 2 spiro atoms. The Bertz CT molecular complexity index is 1750. The van der Waals surface area contributed by atoms with Crippen LogP contribution in [-0.2, 0) is 20.3 Å². The monoisotopic (exact) mass is 720 g/mol. The minimum absolute atomic E-state index is 0.000183. The van der Waals surface area contributed by atoms with Gasteiger partial charge in [-0.3, -0.25) is 9.80 Å². The van der Waals surface area contributed by atoms with Gasteiger partial charge in [0.2, 0.25) is 11.9 Å². The van der Waals surface area contributed by atoms with Crippen LogP contribution in [0.1, 0.15) is 16.7 Å². The summed E-state index contributed by atoms with van der Waals surface area (Å²) < 4.78 is 10.4. The van der Waals surface area contributed by atoms with E-state index in [4.69, 9.17) is 44.1 Å². The number of likely N-dealkylation sites (tertiary alicyclic amines) is 2. The number of nitrogens with two attached hydrogens (primary N) is 2. The minimum Gasteiger partial charge on any atom is -0.508 e. The molecule has 2 aromatic heterocycles. The minimum atomic E-state index is -0.000183. The van der Waals surface area contributed by atoms with Gasteiger partial charge >= 0.3 is 0 Å². The molecule has 4 aliphatic rings. The molecule has 0 bridgehead atoms. The van der Waals surface area contributed by atoms with E-state index in [0.717, 1.165) is 71.3 Å². The van der Waals surface area contributed by atoms with Gasteiger partial charge in [-0.15, -0.1) is 0 Å². The fraction of sp³-hybridized carbons (Fsp3) is 0.429. The zero-order valence-corrected chi connectivity index (χ0v) is 30.0. The van der Waals surface area contributed by atoms with Crippen molar-refractivity contribution in [3.63, 3.8) is 0 Å². The molecule has 4 aromatic rings. The number of phenolic OH excluding ortho intramolecular Hbond substituents is 1. The van der Waals surface area contributed by atoms with E-state index < -0.39 is 0 Å². The maximum absolute atomic E-state index is 9.97. The number of phenols is 1. The van der Waals surface area contributed by atoms with Gasteiger partial charge in [0.1, 0.15) is 15.8 Å². The third-order valence-corrected chi connectivity index (χ3v) is 10.6. The number of methoxy groups -OCH3 is 2. The fourth-order valence-electron chi connectivity index (χ4n) is 7.87. The molecule has 2 saturated heterocycles. The van der Waals surface area contributed by atoms with Crippen LogP contribution in [0.4, 0.5) is 34.9 Å².